The highest BCUT2D eigenvalue weighted by Crippen LogP contribution is 2.23. The number of aryl methyl sites for hydroxylation is 2. The SMILES string of the molecule is Cn1nccc1CCC(CCC(F)(F)F)NN. The van der Waals surface area contributed by atoms with Crippen molar-refractivity contribution in [3.05, 3.63) is 18.0 Å². The van der Waals surface area contributed by atoms with Crippen molar-refractivity contribution in [1.82, 2.24) is 15.2 Å². The van der Waals surface area contributed by atoms with Gasteiger partial charge in [0.15, 0.2) is 0 Å². The van der Waals surface area contributed by atoms with Gasteiger partial charge in [0.2, 0.25) is 0 Å². The van der Waals surface area contributed by atoms with E-state index in [1.165, 1.54) is 0 Å². The minimum Gasteiger partial charge on any atom is -0.273 e. The maximum absolute atomic E-state index is 12.0. The zero-order valence-electron chi connectivity index (χ0n) is 9.67. The molecule has 1 unspecified atom stereocenters. The van der Waals surface area contributed by atoms with E-state index in [9.17, 15) is 13.2 Å². The number of nitrogens with one attached hydrogen (secondary N) is 1. The molecule has 0 aliphatic carbocycles. The highest BCUT2D eigenvalue weighted by Gasteiger charge is 2.28. The van der Waals surface area contributed by atoms with Crippen LogP contribution < -0.4 is 11.3 Å². The lowest BCUT2D eigenvalue weighted by molar-refractivity contribution is -0.136. The van der Waals surface area contributed by atoms with Crippen LogP contribution in [0.2, 0.25) is 0 Å². The number of halogens is 3. The first-order valence-corrected chi connectivity index (χ1v) is 5.42. The smallest absolute Gasteiger partial charge is 0.273 e. The molecule has 1 aromatic heterocycles. The lowest BCUT2D eigenvalue weighted by atomic mass is 10.0. The van der Waals surface area contributed by atoms with E-state index in [1.54, 1.807) is 17.9 Å². The summed E-state index contributed by atoms with van der Waals surface area (Å²) in [5, 5.41) is 3.99. The van der Waals surface area contributed by atoms with Crippen LogP contribution in [0, 0.1) is 0 Å². The van der Waals surface area contributed by atoms with Crippen molar-refractivity contribution in [2.24, 2.45) is 12.9 Å². The van der Waals surface area contributed by atoms with E-state index in [0.717, 1.165) is 5.69 Å². The van der Waals surface area contributed by atoms with Gasteiger partial charge in [0.05, 0.1) is 0 Å². The van der Waals surface area contributed by atoms with Gasteiger partial charge in [-0.05, 0) is 25.3 Å². The molecule has 0 radical (unpaired) electrons. The van der Waals surface area contributed by atoms with Crippen molar-refractivity contribution in [3.63, 3.8) is 0 Å². The number of hydrazine groups is 1. The maximum atomic E-state index is 12.0. The fraction of sp³-hybridized carbons (Fsp3) is 0.700. The first-order chi connectivity index (χ1) is 7.92. The Labute approximate surface area is 97.9 Å². The Morgan fingerprint density at radius 3 is 2.65 bits per heavy atom. The number of aromatic nitrogens is 2. The largest absolute Gasteiger partial charge is 0.389 e. The molecular weight excluding hydrogens is 233 g/mol. The lowest BCUT2D eigenvalue weighted by Gasteiger charge is -2.16. The predicted molar refractivity (Wildman–Crippen MR) is 57.9 cm³/mol. The highest BCUT2D eigenvalue weighted by atomic mass is 19.4. The number of nitrogens with zero attached hydrogens (tertiary/aromatic N) is 2. The number of hydrogen-bond donors (Lipinski definition) is 2. The molecule has 98 valence electrons. The van der Waals surface area contributed by atoms with Crippen molar-refractivity contribution in [3.8, 4) is 0 Å². The number of alkyl halides is 3. The van der Waals surface area contributed by atoms with Gasteiger partial charge in [-0.15, -0.1) is 0 Å². The van der Waals surface area contributed by atoms with E-state index in [2.05, 4.69) is 10.5 Å². The normalized spacial score (nSPS) is 13.9. The molecule has 0 spiro atoms. The molecule has 3 N–H and O–H groups in total. The molecule has 0 amide bonds. The van der Waals surface area contributed by atoms with E-state index in [-0.39, 0.29) is 12.5 Å². The molecule has 1 heterocycles. The van der Waals surface area contributed by atoms with Crippen LogP contribution >= 0.6 is 0 Å². The molecule has 0 aliphatic rings. The van der Waals surface area contributed by atoms with Crippen LogP contribution in [0.15, 0.2) is 12.3 Å². The second kappa shape index (κ2) is 6.02. The Hall–Kier alpha value is -1.08. The van der Waals surface area contributed by atoms with Gasteiger partial charge < -0.3 is 0 Å². The minimum absolute atomic E-state index is 0.00213. The van der Waals surface area contributed by atoms with E-state index in [0.29, 0.717) is 12.8 Å². The second-order valence-electron chi connectivity index (χ2n) is 4.00. The zero-order valence-corrected chi connectivity index (χ0v) is 9.67. The van der Waals surface area contributed by atoms with Gasteiger partial charge in [0.25, 0.3) is 0 Å². The average Bonchev–Trinajstić information content (AvgIpc) is 2.63. The molecule has 1 aromatic rings. The van der Waals surface area contributed by atoms with Crippen molar-refractivity contribution < 1.29 is 13.2 Å². The summed E-state index contributed by atoms with van der Waals surface area (Å²) in [5.74, 6) is 5.24. The third-order valence-corrected chi connectivity index (χ3v) is 2.68. The topological polar surface area (TPSA) is 55.9 Å². The molecule has 0 aliphatic heterocycles. The van der Waals surface area contributed by atoms with Gasteiger partial charge in [-0.1, -0.05) is 0 Å². The molecule has 4 nitrogen and oxygen atoms in total. The van der Waals surface area contributed by atoms with E-state index >= 15 is 0 Å². The standard InChI is InChI=1S/C10H17F3N4/c1-17-9(5-7-15-17)3-2-8(16-14)4-6-10(11,12)13/h5,7-8,16H,2-4,6,14H2,1H3. The van der Waals surface area contributed by atoms with Gasteiger partial charge in [0.1, 0.15) is 0 Å². The summed E-state index contributed by atoms with van der Waals surface area (Å²) in [5.41, 5.74) is 3.41. The first-order valence-electron chi connectivity index (χ1n) is 5.42. The zero-order chi connectivity index (χ0) is 12.9. The van der Waals surface area contributed by atoms with Gasteiger partial charge >= 0.3 is 6.18 Å². The summed E-state index contributed by atoms with van der Waals surface area (Å²) in [6.45, 7) is 0. The quantitative estimate of drug-likeness (QED) is 0.594. The maximum Gasteiger partial charge on any atom is 0.389 e. The van der Waals surface area contributed by atoms with Gasteiger partial charge in [-0.25, -0.2) is 0 Å². The molecule has 17 heavy (non-hydrogen) atoms. The van der Waals surface area contributed by atoms with Crippen LogP contribution in [0.3, 0.4) is 0 Å². The summed E-state index contributed by atoms with van der Waals surface area (Å²) < 4.78 is 37.8. The fourth-order valence-electron chi connectivity index (χ4n) is 1.62. The third kappa shape index (κ3) is 5.18. The lowest BCUT2D eigenvalue weighted by Crippen LogP contribution is -2.36. The highest BCUT2D eigenvalue weighted by molar-refractivity contribution is 5.00. The Balaban J connectivity index is 2.35. The summed E-state index contributed by atoms with van der Waals surface area (Å²) in [7, 11) is 1.80. The summed E-state index contributed by atoms with van der Waals surface area (Å²) >= 11 is 0. The van der Waals surface area contributed by atoms with Crippen LogP contribution in [-0.2, 0) is 13.5 Å². The second-order valence-corrected chi connectivity index (χ2v) is 4.00. The predicted octanol–water partition coefficient (Wildman–Crippen LogP) is 1.53. The van der Waals surface area contributed by atoms with Crippen LogP contribution in [0.5, 0.6) is 0 Å². The van der Waals surface area contributed by atoms with E-state index < -0.39 is 12.6 Å². The Bertz CT molecular complexity index is 335. The number of hydrogen-bond acceptors (Lipinski definition) is 3. The van der Waals surface area contributed by atoms with Crippen LogP contribution in [0.1, 0.15) is 25.0 Å². The molecule has 0 aromatic carbocycles. The summed E-state index contributed by atoms with van der Waals surface area (Å²) in [6, 6.07) is 1.52. The number of nitrogens with two attached hydrogens (primary N) is 1. The fourth-order valence-corrected chi connectivity index (χ4v) is 1.62. The molecule has 0 saturated heterocycles. The van der Waals surface area contributed by atoms with Crippen molar-refractivity contribution in [1.29, 1.82) is 0 Å². The third-order valence-electron chi connectivity index (χ3n) is 2.68. The van der Waals surface area contributed by atoms with Crippen LogP contribution in [0.25, 0.3) is 0 Å². The molecule has 0 bridgehead atoms. The minimum atomic E-state index is -4.12. The Kier molecular flexibility index (Phi) is 4.95. The Morgan fingerprint density at radius 2 is 2.18 bits per heavy atom. The van der Waals surface area contributed by atoms with Gasteiger partial charge in [-0.2, -0.15) is 18.3 Å². The molecule has 0 saturated carbocycles. The first kappa shape index (κ1) is 14.0. The van der Waals surface area contributed by atoms with Crippen molar-refractivity contribution >= 4 is 0 Å². The van der Waals surface area contributed by atoms with Crippen molar-refractivity contribution in [2.45, 2.75) is 37.9 Å². The molecule has 7 heteroatoms. The summed E-state index contributed by atoms with van der Waals surface area (Å²) in [4.78, 5) is 0. The van der Waals surface area contributed by atoms with Crippen molar-refractivity contribution in [2.75, 3.05) is 0 Å². The average molecular weight is 250 g/mol. The Morgan fingerprint density at radius 1 is 1.47 bits per heavy atom. The van der Waals surface area contributed by atoms with Crippen LogP contribution in [0.4, 0.5) is 13.2 Å². The molecule has 0 fully saturated rings. The van der Waals surface area contributed by atoms with E-state index in [1.807, 2.05) is 6.07 Å². The molecular formula is C10H17F3N4. The van der Waals surface area contributed by atoms with E-state index in [4.69, 9.17) is 5.84 Å². The van der Waals surface area contributed by atoms with Gasteiger partial charge in [-0.3, -0.25) is 16.0 Å². The molecule has 1 atom stereocenters. The monoisotopic (exact) mass is 250 g/mol. The molecule has 1 rings (SSSR count). The van der Waals surface area contributed by atoms with Crippen LogP contribution in [-0.4, -0.2) is 22.0 Å². The number of rotatable bonds is 6. The summed E-state index contributed by atoms with van der Waals surface area (Å²) in [6.07, 6.45) is -2.06. The van der Waals surface area contributed by atoms with Gasteiger partial charge in [0, 0.05) is 31.4 Å².